The number of nitrogens with one attached hydrogen (secondary N) is 2. The summed E-state index contributed by atoms with van der Waals surface area (Å²) >= 11 is 12.3. The number of carbonyl (C=O) groups excluding carboxylic acids is 1. The molecule has 33 heavy (non-hydrogen) atoms. The second kappa shape index (κ2) is 12.5. The van der Waals surface area contributed by atoms with Gasteiger partial charge in [0.1, 0.15) is 0 Å². The van der Waals surface area contributed by atoms with Crippen LogP contribution < -0.4 is 10.6 Å². The molecular formula is C28H31ClN2OS. The zero-order valence-electron chi connectivity index (χ0n) is 19.3. The average Bonchev–Trinajstić information content (AvgIpc) is 2.80. The highest BCUT2D eigenvalue weighted by molar-refractivity contribution is 7.81. The molecule has 0 aliphatic carbocycles. The van der Waals surface area contributed by atoms with Gasteiger partial charge in [0.25, 0.3) is 0 Å². The van der Waals surface area contributed by atoms with Crippen LogP contribution in [0, 0.1) is 6.92 Å². The average molecular weight is 479 g/mol. The van der Waals surface area contributed by atoms with E-state index in [1.54, 1.807) is 0 Å². The smallest absolute Gasteiger partial charge is 0.224 e. The molecule has 0 spiro atoms. The van der Waals surface area contributed by atoms with E-state index in [1.807, 2.05) is 73.7 Å². The molecule has 3 aromatic carbocycles. The van der Waals surface area contributed by atoms with Crippen LogP contribution in [0.25, 0.3) is 0 Å². The molecule has 0 aromatic heterocycles. The number of unbranched alkanes of at least 4 members (excludes halogenated alkanes) is 4. The van der Waals surface area contributed by atoms with Crippen molar-refractivity contribution in [2.45, 2.75) is 52.4 Å². The zero-order valence-corrected chi connectivity index (χ0v) is 20.9. The van der Waals surface area contributed by atoms with Crippen molar-refractivity contribution in [1.29, 1.82) is 0 Å². The van der Waals surface area contributed by atoms with Gasteiger partial charge >= 0.3 is 0 Å². The summed E-state index contributed by atoms with van der Waals surface area (Å²) in [6, 6.07) is 21.5. The van der Waals surface area contributed by atoms with E-state index in [4.69, 9.17) is 23.8 Å². The third kappa shape index (κ3) is 7.15. The highest BCUT2D eigenvalue weighted by atomic mass is 35.5. The number of amides is 1. The predicted octanol–water partition coefficient (Wildman–Crippen LogP) is 8.46. The Labute approximate surface area is 207 Å². The largest absolute Gasteiger partial charge is 0.354 e. The van der Waals surface area contributed by atoms with Crippen LogP contribution in [-0.2, 0) is 4.79 Å². The number of thiocarbonyl (C=S) groups is 1. The first-order chi connectivity index (χ1) is 16.0. The van der Waals surface area contributed by atoms with Gasteiger partial charge in [0.2, 0.25) is 5.91 Å². The minimum Gasteiger partial charge on any atom is -0.354 e. The van der Waals surface area contributed by atoms with Gasteiger partial charge < -0.3 is 10.6 Å². The first-order valence-corrected chi connectivity index (χ1v) is 12.3. The topological polar surface area (TPSA) is 41.1 Å². The minimum atomic E-state index is 0.0395. The van der Waals surface area contributed by atoms with Crippen molar-refractivity contribution in [2.75, 3.05) is 10.6 Å². The highest BCUT2D eigenvalue weighted by Crippen LogP contribution is 2.30. The molecule has 3 rings (SSSR count). The zero-order chi connectivity index (χ0) is 23.6. The summed E-state index contributed by atoms with van der Waals surface area (Å²) in [6.07, 6.45) is 6.16. The van der Waals surface area contributed by atoms with Crippen molar-refractivity contribution in [1.82, 2.24) is 0 Å². The van der Waals surface area contributed by atoms with Crippen LogP contribution in [0.4, 0.5) is 17.1 Å². The maximum Gasteiger partial charge on any atom is 0.224 e. The Bertz CT molecular complexity index is 1110. The summed E-state index contributed by atoms with van der Waals surface area (Å²) in [4.78, 5) is 13.1. The van der Waals surface area contributed by atoms with E-state index in [2.05, 4.69) is 17.6 Å². The molecule has 0 radical (unpaired) electrons. The SMILES string of the molecule is CCCCCCCC(=O)Nc1ccccc1Nc1ccc(C(=S)c2ccccc2C)c(Cl)c1. The number of carbonyl (C=O) groups is 1. The first kappa shape index (κ1) is 24.9. The Kier molecular flexibility index (Phi) is 9.47. The van der Waals surface area contributed by atoms with Crippen molar-refractivity contribution in [2.24, 2.45) is 0 Å². The number of hydrogen-bond donors (Lipinski definition) is 2. The van der Waals surface area contributed by atoms with Crippen LogP contribution in [0.2, 0.25) is 5.02 Å². The Morgan fingerprint density at radius 2 is 1.58 bits per heavy atom. The van der Waals surface area contributed by atoms with Crippen LogP contribution in [-0.4, -0.2) is 10.8 Å². The molecule has 3 aromatic rings. The number of para-hydroxylation sites is 2. The lowest BCUT2D eigenvalue weighted by atomic mass is 10.00. The van der Waals surface area contributed by atoms with Gasteiger partial charge in [-0.3, -0.25) is 4.79 Å². The summed E-state index contributed by atoms with van der Waals surface area (Å²) < 4.78 is 0. The number of hydrogen-bond acceptors (Lipinski definition) is 3. The van der Waals surface area contributed by atoms with E-state index < -0.39 is 0 Å². The molecule has 0 aliphatic rings. The van der Waals surface area contributed by atoms with E-state index in [0.717, 1.165) is 51.5 Å². The molecule has 0 saturated carbocycles. The van der Waals surface area contributed by atoms with Gasteiger partial charge in [-0.1, -0.05) is 92.8 Å². The van der Waals surface area contributed by atoms with Crippen LogP contribution in [0.3, 0.4) is 0 Å². The lowest BCUT2D eigenvalue weighted by molar-refractivity contribution is -0.116. The number of aryl methyl sites for hydroxylation is 1. The quantitative estimate of drug-likeness (QED) is 0.165. The molecule has 0 heterocycles. The maximum absolute atomic E-state index is 12.4. The normalized spacial score (nSPS) is 10.6. The van der Waals surface area contributed by atoms with Crippen molar-refractivity contribution in [3.05, 3.63) is 88.4 Å². The summed E-state index contributed by atoms with van der Waals surface area (Å²) in [6.45, 7) is 4.23. The van der Waals surface area contributed by atoms with Crippen LogP contribution >= 0.6 is 23.8 Å². The lowest BCUT2D eigenvalue weighted by Gasteiger charge is -2.15. The van der Waals surface area contributed by atoms with Crippen LogP contribution in [0.1, 0.15) is 62.1 Å². The van der Waals surface area contributed by atoms with Crippen molar-refractivity contribution >= 4 is 51.7 Å². The van der Waals surface area contributed by atoms with Gasteiger partial charge in [-0.15, -0.1) is 0 Å². The van der Waals surface area contributed by atoms with Crippen molar-refractivity contribution < 1.29 is 4.79 Å². The highest BCUT2D eigenvalue weighted by Gasteiger charge is 2.12. The fraction of sp³-hybridized carbons (Fsp3) is 0.286. The molecule has 172 valence electrons. The maximum atomic E-state index is 12.4. The number of benzene rings is 3. The van der Waals surface area contributed by atoms with E-state index in [-0.39, 0.29) is 5.91 Å². The molecule has 2 N–H and O–H groups in total. The molecule has 3 nitrogen and oxygen atoms in total. The molecular weight excluding hydrogens is 448 g/mol. The predicted molar refractivity (Wildman–Crippen MR) is 145 cm³/mol. The second-order valence-electron chi connectivity index (χ2n) is 8.22. The van der Waals surface area contributed by atoms with Gasteiger partial charge in [0, 0.05) is 17.7 Å². The summed E-state index contributed by atoms with van der Waals surface area (Å²) in [5, 5.41) is 7.00. The summed E-state index contributed by atoms with van der Waals surface area (Å²) in [5.41, 5.74) is 5.37. The van der Waals surface area contributed by atoms with Gasteiger partial charge in [-0.2, -0.15) is 0 Å². The minimum absolute atomic E-state index is 0.0395. The number of rotatable bonds is 11. The lowest BCUT2D eigenvalue weighted by Crippen LogP contribution is -2.12. The first-order valence-electron chi connectivity index (χ1n) is 11.6. The molecule has 0 unspecified atom stereocenters. The van der Waals surface area contributed by atoms with E-state index in [0.29, 0.717) is 11.4 Å². The fourth-order valence-corrected chi connectivity index (χ4v) is 4.45. The summed E-state index contributed by atoms with van der Waals surface area (Å²) in [7, 11) is 0. The van der Waals surface area contributed by atoms with Gasteiger partial charge in [0.15, 0.2) is 0 Å². The van der Waals surface area contributed by atoms with Gasteiger partial charge in [0.05, 0.1) is 21.3 Å². The molecule has 0 saturated heterocycles. The Morgan fingerprint density at radius 3 is 2.30 bits per heavy atom. The van der Waals surface area contributed by atoms with E-state index in [1.165, 1.54) is 19.3 Å². The second-order valence-corrected chi connectivity index (χ2v) is 9.04. The fourth-order valence-electron chi connectivity index (χ4n) is 3.71. The third-order valence-corrected chi connectivity index (χ3v) is 6.34. The molecule has 0 bridgehead atoms. The Hall–Kier alpha value is -2.69. The molecule has 1 amide bonds. The molecule has 5 heteroatoms. The van der Waals surface area contributed by atoms with Crippen LogP contribution in [0.5, 0.6) is 0 Å². The van der Waals surface area contributed by atoms with E-state index >= 15 is 0 Å². The molecule has 0 aliphatic heterocycles. The molecule has 0 fully saturated rings. The van der Waals surface area contributed by atoms with Crippen LogP contribution in [0.15, 0.2) is 66.7 Å². The summed E-state index contributed by atoms with van der Waals surface area (Å²) in [5.74, 6) is 0.0395. The Morgan fingerprint density at radius 1 is 0.879 bits per heavy atom. The standard InChI is InChI=1S/C28H31ClN2OS/c1-3-4-5-6-7-16-27(32)31-26-15-11-10-14-25(26)30-21-17-18-23(24(29)19-21)28(33)22-13-9-8-12-20(22)2/h8-15,17-19,30H,3-7,16H2,1-2H3,(H,31,32). The monoisotopic (exact) mass is 478 g/mol. The van der Waals surface area contributed by atoms with Crippen molar-refractivity contribution in [3.8, 4) is 0 Å². The van der Waals surface area contributed by atoms with Gasteiger partial charge in [-0.05, 0) is 54.8 Å². The van der Waals surface area contributed by atoms with E-state index in [9.17, 15) is 4.79 Å². The third-order valence-electron chi connectivity index (χ3n) is 5.59. The number of anilines is 3. The van der Waals surface area contributed by atoms with Gasteiger partial charge in [-0.25, -0.2) is 0 Å². The molecule has 0 atom stereocenters. The van der Waals surface area contributed by atoms with Crippen molar-refractivity contribution in [3.63, 3.8) is 0 Å². The Balaban J connectivity index is 1.68. The number of halogens is 1.